The number of allylic oxidation sites excluding steroid dienone is 1. The summed E-state index contributed by atoms with van der Waals surface area (Å²) in [6, 6.07) is 7.93. The summed E-state index contributed by atoms with van der Waals surface area (Å²) in [5.41, 5.74) is 1.05. The first-order chi connectivity index (χ1) is 14.1. The molecule has 2 aliphatic carbocycles. The summed E-state index contributed by atoms with van der Waals surface area (Å²) in [6.45, 7) is 0. The van der Waals surface area contributed by atoms with E-state index >= 15 is 0 Å². The number of benzene rings is 1. The van der Waals surface area contributed by atoms with E-state index in [1.807, 2.05) is 18.2 Å². The molecule has 0 spiro atoms. The number of aliphatic hydroxyl groups excluding tert-OH is 1. The monoisotopic (exact) mass is 392 g/mol. The molecule has 0 bridgehead atoms. The van der Waals surface area contributed by atoms with Crippen molar-refractivity contribution in [3.05, 3.63) is 57.5 Å². The number of carbonyl (C=O) groups excluding carboxylic acids is 2. The van der Waals surface area contributed by atoms with Crippen LogP contribution in [0.3, 0.4) is 0 Å². The number of Topliss-reactive ketones (excluding diaryl/α,β-unsaturated/α-hetero) is 2. The van der Waals surface area contributed by atoms with Crippen molar-refractivity contribution in [3.63, 3.8) is 0 Å². The molecular formula is C23H24N2O4. The van der Waals surface area contributed by atoms with E-state index in [9.17, 15) is 19.5 Å². The molecule has 0 aliphatic heterocycles. The molecule has 2 aromatic rings. The van der Waals surface area contributed by atoms with Crippen LogP contribution in [0.5, 0.6) is 0 Å². The van der Waals surface area contributed by atoms with E-state index in [-0.39, 0.29) is 24.0 Å². The number of hydrogen-bond acceptors (Lipinski definition) is 5. The van der Waals surface area contributed by atoms with Crippen LogP contribution < -0.4 is 5.56 Å². The fourth-order valence-corrected chi connectivity index (χ4v) is 4.40. The van der Waals surface area contributed by atoms with Crippen LogP contribution in [-0.4, -0.2) is 26.6 Å². The van der Waals surface area contributed by atoms with E-state index < -0.39 is 22.9 Å². The van der Waals surface area contributed by atoms with Crippen molar-refractivity contribution in [2.45, 2.75) is 57.3 Å². The van der Waals surface area contributed by atoms with E-state index in [4.69, 9.17) is 0 Å². The normalized spacial score (nSPS) is 18.1. The van der Waals surface area contributed by atoms with Gasteiger partial charge in [-0.3, -0.25) is 14.4 Å². The standard InChI is InChI=1S/C23H24N2O4/c26-18-11-6-12-19(27)20(18)21(28)17-13-24-22(25-23(17)29)16-10-5-4-9-15(16)14-7-2-1-3-8-14/h4-5,9-10,13-14,28H,1-3,6-8,11-12H2,(H,24,25,29). The fraction of sp³-hybridized carbons (Fsp3) is 0.391. The minimum Gasteiger partial charge on any atom is -0.506 e. The van der Waals surface area contributed by atoms with Gasteiger partial charge in [-0.2, -0.15) is 0 Å². The van der Waals surface area contributed by atoms with Gasteiger partial charge < -0.3 is 10.1 Å². The van der Waals surface area contributed by atoms with Crippen LogP contribution in [0.2, 0.25) is 0 Å². The van der Waals surface area contributed by atoms with Gasteiger partial charge in [0, 0.05) is 24.6 Å². The minimum atomic E-state index is -0.569. The van der Waals surface area contributed by atoms with Gasteiger partial charge in [0.05, 0.1) is 0 Å². The highest BCUT2D eigenvalue weighted by atomic mass is 16.3. The molecule has 4 rings (SSSR count). The average Bonchev–Trinajstić information content (AvgIpc) is 2.74. The lowest BCUT2D eigenvalue weighted by Crippen LogP contribution is -2.23. The van der Waals surface area contributed by atoms with Gasteiger partial charge in [0.2, 0.25) is 0 Å². The second-order valence-corrected chi connectivity index (χ2v) is 7.82. The Kier molecular flexibility index (Phi) is 5.43. The van der Waals surface area contributed by atoms with Crippen molar-refractivity contribution in [1.29, 1.82) is 0 Å². The molecule has 2 fully saturated rings. The Hall–Kier alpha value is -3.02. The van der Waals surface area contributed by atoms with E-state index in [1.165, 1.54) is 31.0 Å². The van der Waals surface area contributed by atoms with Crippen LogP contribution in [0.25, 0.3) is 17.1 Å². The molecule has 1 aromatic heterocycles. The quantitative estimate of drug-likeness (QED) is 0.466. The molecule has 1 heterocycles. The number of H-pyrrole nitrogens is 1. The number of nitrogens with one attached hydrogen (secondary N) is 1. The maximum atomic E-state index is 12.7. The molecular weight excluding hydrogens is 368 g/mol. The first-order valence-corrected chi connectivity index (χ1v) is 10.2. The maximum absolute atomic E-state index is 12.7. The van der Waals surface area contributed by atoms with Crippen molar-refractivity contribution >= 4 is 17.3 Å². The second-order valence-electron chi connectivity index (χ2n) is 7.82. The Morgan fingerprint density at radius 1 is 0.966 bits per heavy atom. The lowest BCUT2D eigenvalue weighted by atomic mass is 9.82. The summed E-state index contributed by atoms with van der Waals surface area (Å²) in [5, 5.41) is 10.5. The number of aliphatic hydroxyl groups is 1. The Bertz CT molecular complexity index is 1030. The van der Waals surface area contributed by atoms with Gasteiger partial charge in [-0.1, -0.05) is 43.5 Å². The Labute approximate surface area is 168 Å². The predicted octanol–water partition coefficient (Wildman–Crippen LogP) is 4.08. The smallest absolute Gasteiger partial charge is 0.262 e. The number of nitrogens with zero attached hydrogens (tertiary/aromatic N) is 1. The molecule has 6 nitrogen and oxygen atoms in total. The summed E-state index contributed by atoms with van der Waals surface area (Å²) in [7, 11) is 0. The second kappa shape index (κ2) is 8.15. The molecule has 0 radical (unpaired) electrons. The van der Waals surface area contributed by atoms with Crippen LogP contribution in [-0.2, 0) is 9.59 Å². The van der Waals surface area contributed by atoms with E-state index in [2.05, 4.69) is 16.0 Å². The third-order valence-corrected chi connectivity index (χ3v) is 5.92. The SMILES string of the molecule is O=C1CCCC(=O)C1=C(O)c1cnc(-c2ccccc2C2CCCCC2)[nH]c1=O. The largest absolute Gasteiger partial charge is 0.506 e. The van der Waals surface area contributed by atoms with Crippen LogP contribution in [0.15, 0.2) is 40.8 Å². The molecule has 29 heavy (non-hydrogen) atoms. The average molecular weight is 392 g/mol. The summed E-state index contributed by atoms with van der Waals surface area (Å²) in [5.74, 6) is -0.549. The molecule has 2 aliphatic rings. The fourth-order valence-electron chi connectivity index (χ4n) is 4.40. The zero-order valence-electron chi connectivity index (χ0n) is 16.2. The molecule has 6 heteroatoms. The van der Waals surface area contributed by atoms with Gasteiger partial charge in [-0.05, 0) is 30.7 Å². The zero-order valence-corrected chi connectivity index (χ0v) is 16.2. The highest BCUT2D eigenvalue weighted by Crippen LogP contribution is 2.37. The lowest BCUT2D eigenvalue weighted by Gasteiger charge is -2.24. The van der Waals surface area contributed by atoms with Crippen LogP contribution in [0.4, 0.5) is 0 Å². The third kappa shape index (κ3) is 3.79. The number of ketones is 2. The number of rotatable bonds is 3. The van der Waals surface area contributed by atoms with Crippen LogP contribution >= 0.6 is 0 Å². The molecule has 2 N–H and O–H groups in total. The third-order valence-electron chi connectivity index (χ3n) is 5.92. The number of aromatic nitrogens is 2. The highest BCUT2D eigenvalue weighted by Gasteiger charge is 2.29. The molecule has 0 amide bonds. The van der Waals surface area contributed by atoms with Crippen molar-refractivity contribution < 1.29 is 14.7 Å². The van der Waals surface area contributed by atoms with E-state index in [1.54, 1.807) is 0 Å². The van der Waals surface area contributed by atoms with Crippen molar-refractivity contribution in [1.82, 2.24) is 9.97 Å². The van der Waals surface area contributed by atoms with Gasteiger partial charge in [0.15, 0.2) is 11.6 Å². The summed E-state index contributed by atoms with van der Waals surface area (Å²) >= 11 is 0. The molecule has 0 saturated heterocycles. The zero-order chi connectivity index (χ0) is 20.4. The van der Waals surface area contributed by atoms with Gasteiger partial charge in [0.1, 0.15) is 22.7 Å². The minimum absolute atomic E-state index is 0.150. The molecule has 0 unspecified atom stereocenters. The number of hydrogen-bond donors (Lipinski definition) is 2. The predicted molar refractivity (Wildman–Crippen MR) is 110 cm³/mol. The van der Waals surface area contributed by atoms with Crippen LogP contribution in [0, 0.1) is 0 Å². The van der Waals surface area contributed by atoms with Gasteiger partial charge in [-0.15, -0.1) is 0 Å². The molecule has 150 valence electrons. The molecule has 1 aromatic carbocycles. The van der Waals surface area contributed by atoms with Crippen molar-refractivity contribution in [2.24, 2.45) is 0 Å². The van der Waals surface area contributed by atoms with Crippen LogP contribution in [0.1, 0.15) is 68.4 Å². The maximum Gasteiger partial charge on any atom is 0.262 e. The van der Waals surface area contributed by atoms with Crippen molar-refractivity contribution in [2.75, 3.05) is 0 Å². The lowest BCUT2D eigenvalue weighted by molar-refractivity contribution is -0.123. The topological polar surface area (TPSA) is 100 Å². The molecule has 0 atom stereocenters. The Morgan fingerprint density at radius 2 is 1.66 bits per heavy atom. The number of carbonyl (C=O) groups is 2. The first kappa shape index (κ1) is 19.3. The van der Waals surface area contributed by atoms with Gasteiger partial charge in [-0.25, -0.2) is 4.98 Å². The Morgan fingerprint density at radius 3 is 2.34 bits per heavy atom. The first-order valence-electron chi connectivity index (χ1n) is 10.2. The Balaban J connectivity index is 1.73. The van der Waals surface area contributed by atoms with Crippen molar-refractivity contribution in [3.8, 4) is 11.4 Å². The van der Waals surface area contributed by atoms with E-state index in [0.29, 0.717) is 18.2 Å². The molecule has 2 saturated carbocycles. The number of aromatic amines is 1. The summed E-state index contributed by atoms with van der Waals surface area (Å²) < 4.78 is 0. The summed E-state index contributed by atoms with van der Waals surface area (Å²) in [4.78, 5) is 43.9. The summed E-state index contributed by atoms with van der Waals surface area (Å²) in [6.07, 6.45) is 8.02. The van der Waals surface area contributed by atoms with E-state index in [0.717, 1.165) is 18.4 Å². The highest BCUT2D eigenvalue weighted by molar-refractivity contribution is 6.25. The van der Waals surface area contributed by atoms with Gasteiger partial charge >= 0.3 is 0 Å². The van der Waals surface area contributed by atoms with Gasteiger partial charge in [0.25, 0.3) is 5.56 Å².